The van der Waals surface area contributed by atoms with Crippen LogP contribution in [0.15, 0.2) is 24.3 Å². The standard InChI is InChI=1S/C13H12FN3OS/c14-9-3-1-8(2-4-9)5-12(18)17-13-16-10-6-15-7-11(10)19-13/h1-4,15H,5-7H2,(H,16,17,18). The van der Waals surface area contributed by atoms with Gasteiger partial charge in [-0.15, -0.1) is 11.3 Å². The van der Waals surface area contributed by atoms with Crippen molar-refractivity contribution in [1.82, 2.24) is 10.3 Å². The lowest BCUT2D eigenvalue weighted by atomic mass is 10.1. The molecule has 0 saturated carbocycles. The molecule has 1 aromatic heterocycles. The van der Waals surface area contributed by atoms with E-state index in [0.29, 0.717) is 5.13 Å². The second kappa shape index (κ2) is 5.07. The Hall–Kier alpha value is -1.79. The molecule has 0 saturated heterocycles. The minimum Gasteiger partial charge on any atom is -0.306 e. The molecule has 3 rings (SSSR count). The topological polar surface area (TPSA) is 54.0 Å². The monoisotopic (exact) mass is 277 g/mol. The van der Waals surface area contributed by atoms with Crippen LogP contribution in [0.1, 0.15) is 16.1 Å². The van der Waals surface area contributed by atoms with Gasteiger partial charge in [0, 0.05) is 18.0 Å². The summed E-state index contributed by atoms with van der Waals surface area (Å²) in [5.41, 5.74) is 1.80. The number of anilines is 1. The first-order valence-corrected chi connectivity index (χ1v) is 6.76. The Balaban J connectivity index is 1.63. The van der Waals surface area contributed by atoms with Crippen molar-refractivity contribution in [2.24, 2.45) is 0 Å². The molecule has 0 spiro atoms. The van der Waals surface area contributed by atoms with E-state index in [1.807, 2.05) is 0 Å². The second-order valence-electron chi connectivity index (χ2n) is 4.34. The van der Waals surface area contributed by atoms with E-state index < -0.39 is 0 Å². The third kappa shape index (κ3) is 2.80. The lowest BCUT2D eigenvalue weighted by Gasteiger charge is -2.02. The quantitative estimate of drug-likeness (QED) is 0.903. The van der Waals surface area contributed by atoms with Crippen LogP contribution in [0.5, 0.6) is 0 Å². The molecular weight excluding hydrogens is 265 g/mol. The fourth-order valence-electron chi connectivity index (χ4n) is 1.96. The van der Waals surface area contributed by atoms with E-state index in [4.69, 9.17) is 0 Å². The summed E-state index contributed by atoms with van der Waals surface area (Å²) in [7, 11) is 0. The minimum atomic E-state index is -0.298. The maximum Gasteiger partial charge on any atom is 0.230 e. The number of nitrogens with one attached hydrogen (secondary N) is 2. The molecule has 2 aromatic rings. The third-order valence-electron chi connectivity index (χ3n) is 2.88. The number of thiazole rings is 1. The molecule has 0 fully saturated rings. The van der Waals surface area contributed by atoms with Crippen molar-refractivity contribution in [2.75, 3.05) is 5.32 Å². The molecule has 2 heterocycles. The number of amides is 1. The van der Waals surface area contributed by atoms with Crippen molar-refractivity contribution >= 4 is 22.4 Å². The summed E-state index contributed by atoms with van der Waals surface area (Å²) in [6.07, 6.45) is 0.225. The van der Waals surface area contributed by atoms with Crippen molar-refractivity contribution < 1.29 is 9.18 Å². The number of hydrogen-bond donors (Lipinski definition) is 2. The van der Waals surface area contributed by atoms with Gasteiger partial charge in [-0.25, -0.2) is 9.37 Å². The maximum absolute atomic E-state index is 12.7. The molecule has 6 heteroatoms. The fourth-order valence-corrected chi connectivity index (χ4v) is 2.92. The predicted molar refractivity (Wildman–Crippen MR) is 71.4 cm³/mol. The van der Waals surface area contributed by atoms with Crippen molar-refractivity contribution in [1.29, 1.82) is 0 Å². The summed E-state index contributed by atoms with van der Waals surface area (Å²) in [5, 5.41) is 6.61. The second-order valence-corrected chi connectivity index (χ2v) is 5.43. The highest BCUT2D eigenvalue weighted by molar-refractivity contribution is 7.15. The van der Waals surface area contributed by atoms with E-state index in [2.05, 4.69) is 15.6 Å². The molecule has 1 amide bonds. The molecule has 19 heavy (non-hydrogen) atoms. The van der Waals surface area contributed by atoms with Crippen LogP contribution < -0.4 is 10.6 Å². The van der Waals surface area contributed by atoms with Gasteiger partial charge >= 0.3 is 0 Å². The molecule has 1 aliphatic rings. The van der Waals surface area contributed by atoms with Gasteiger partial charge in [-0.1, -0.05) is 12.1 Å². The highest BCUT2D eigenvalue weighted by Crippen LogP contribution is 2.26. The highest BCUT2D eigenvalue weighted by atomic mass is 32.1. The Labute approximate surface area is 113 Å². The van der Waals surface area contributed by atoms with Gasteiger partial charge in [-0.2, -0.15) is 0 Å². The van der Waals surface area contributed by atoms with Crippen molar-refractivity contribution in [3.05, 3.63) is 46.2 Å². The third-order valence-corrected chi connectivity index (χ3v) is 3.89. The van der Waals surface area contributed by atoms with Crippen LogP contribution in [0.4, 0.5) is 9.52 Å². The van der Waals surface area contributed by atoms with Crippen molar-refractivity contribution in [3.8, 4) is 0 Å². The van der Waals surface area contributed by atoms with Gasteiger partial charge in [-0.05, 0) is 17.7 Å². The molecule has 0 aliphatic carbocycles. The van der Waals surface area contributed by atoms with Gasteiger partial charge in [-0.3, -0.25) is 4.79 Å². The van der Waals surface area contributed by atoms with E-state index in [0.717, 1.165) is 24.3 Å². The SMILES string of the molecule is O=C(Cc1ccc(F)cc1)Nc1nc2c(s1)CNC2. The Bertz CT molecular complexity index is 587. The Morgan fingerprint density at radius 2 is 2.16 bits per heavy atom. The van der Waals surface area contributed by atoms with Crippen LogP contribution in [-0.4, -0.2) is 10.9 Å². The number of carbonyl (C=O) groups is 1. The van der Waals surface area contributed by atoms with Crippen molar-refractivity contribution in [2.45, 2.75) is 19.5 Å². The number of fused-ring (bicyclic) bond motifs is 1. The molecule has 98 valence electrons. The van der Waals surface area contributed by atoms with Gasteiger partial charge in [0.15, 0.2) is 5.13 Å². The Morgan fingerprint density at radius 3 is 2.89 bits per heavy atom. The lowest BCUT2D eigenvalue weighted by Crippen LogP contribution is -2.14. The highest BCUT2D eigenvalue weighted by Gasteiger charge is 2.17. The van der Waals surface area contributed by atoms with Crippen LogP contribution in [0.2, 0.25) is 0 Å². The molecular formula is C13H12FN3OS. The zero-order chi connectivity index (χ0) is 13.2. The zero-order valence-electron chi connectivity index (χ0n) is 10.1. The van der Waals surface area contributed by atoms with E-state index in [-0.39, 0.29) is 18.1 Å². The number of carbonyl (C=O) groups excluding carboxylic acids is 1. The lowest BCUT2D eigenvalue weighted by molar-refractivity contribution is -0.115. The molecule has 1 aromatic carbocycles. The first-order valence-electron chi connectivity index (χ1n) is 5.94. The molecule has 1 aliphatic heterocycles. The number of hydrogen-bond acceptors (Lipinski definition) is 4. The number of nitrogens with zero attached hydrogens (tertiary/aromatic N) is 1. The van der Waals surface area contributed by atoms with Crippen LogP contribution in [0.25, 0.3) is 0 Å². The summed E-state index contributed by atoms with van der Waals surface area (Å²) >= 11 is 1.50. The predicted octanol–water partition coefficient (Wildman–Crippen LogP) is 2.07. The van der Waals surface area contributed by atoms with Crippen LogP contribution in [0.3, 0.4) is 0 Å². The van der Waals surface area contributed by atoms with Gasteiger partial charge in [0.25, 0.3) is 0 Å². The summed E-state index contributed by atoms with van der Waals surface area (Å²) < 4.78 is 12.7. The van der Waals surface area contributed by atoms with Gasteiger partial charge in [0.2, 0.25) is 5.91 Å². The summed E-state index contributed by atoms with van der Waals surface area (Å²) in [6.45, 7) is 1.58. The smallest absolute Gasteiger partial charge is 0.230 e. The van der Waals surface area contributed by atoms with E-state index >= 15 is 0 Å². The average Bonchev–Trinajstić information content (AvgIpc) is 2.92. The largest absolute Gasteiger partial charge is 0.306 e. The average molecular weight is 277 g/mol. The first kappa shape index (κ1) is 12.3. The van der Waals surface area contributed by atoms with Crippen LogP contribution in [0, 0.1) is 5.82 Å². The fraction of sp³-hybridized carbons (Fsp3) is 0.231. The maximum atomic E-state index is 12.7. The van der Waals surface area contributed by atoms with E-state index in [1.54, 1.807) is 12.1 Å². The number of benzene rings is 1. The Morgan fingerprint density at radius 1 is 1.37 bits per heavy atom. The van der Waals surface area contributed by atoms with E-state index in [1.165, 1.54) is 28.3 Å². The summed E-state index contributed by atoms with van der Waals surface area (Å²) in [5.74, 6) is -0.431. The molecule has 0 atom stereocenters. The summed E-state index contributed by atoms with van der Waals surface area (Å²) in [6, 6.07) is 5.93. The normalized spacial score (nSPS) is 13.3. The molecule has 4 nitrogen and oxygen atoms in total. The Kier molecular flexibility index (Phi) is 3.27. The van der Waals surface area contributed by atoms with Gasteiger partial charge in [0.1, 0.15) is 5.82 Å². The van der Waals surface area contributed by atoms with E-state index in [9.17, 15) is 9.18 Å². The zero-order valence-corrected chi connectivity index (χ0v) is 10.9. The molecule has 2 N–H and O–H groups in total. The number of aromatic nitrogens is 1. The van der Waals surface area contributed by atoms with Crippen LogP contribution >= 0.6 is 11.3 Å². The number of rotatable bonds is 3. The van der Waals surface area contributed by atoms with Gasteiger partial charge < -0.3 is 10.6 Å². The van der Waals surface area contributed by atoms with Crippen LogP contribution in [-0.2, 0) is 24.3 Å². The first-order chi connectivity index (χ1) is 9.20. The summed E-state index contributed by atoms with van der Waals surface area (Å²) in [4.78, 5) is 17.4. The molecule has 0 bridgehead atoms. The molecule has 0 radical (unpaired) electrons. The van der Waals surface area contributed by atoms with Crippen molar-refractivity contribution in [3.63, 3.8) is 0 Å². The number of halogens is 1. The molecule has 0 unspecified atom stereocenters. The van der Waals surface area contributed by atoms with Gasteiger partial charge in [0.05, 0.1) is 12.1 Å². The minimum absolute atomic E-state index is 0.132.